The molecule has 3 rings (SSSR count). The van der Waals surface area contributed by atoms with Gasteiger partial charge in [0.25, 0.3) is 0 Å². The van der Waals surface area contributed by atoms with E-state index in [2.05, 4.69) is 10.5 Å². The summed E-state index contributed by atoms with van der Waals surface area (Å²) in [5, 5.41) is 4.16. The van der Waals surface area contributed by atoms with E-state index in [4.69, 9.17) is 0 Å². The van der Waals surface area contributed by atoms with Crippen LogP contribution < -0.4 is 5.43 Å². The monoisotopic (exact) mass is 270 g/mol. The molecule has 106 valence electrons. The van der Waals surface area contributed by atoms with Crippen LogP contribution in [0.15, 0.2) is 35.4 Å². The van der Waals surface area contributed by atoms with E-state index in [-0.39, 0.29) is 5.91 Å². The first-order chi connectivity index (χ1) is 9.81. The Hall–Kier alpha value is -1.64. The Labute approximate surface area is 120 Å². The van der Waals surface area contributed by atoms with Crippen molar-refractivity contribution in [3.05, 3.63) is 35.9 Å². The molecule has 0 radical (unpaired) electrons. The predicted octanol–water partition coefficient (Wildman–Crippen LogP) is 3.16. The highest BCUT2D eigenvalue weighted by Gasteiger charge is 2.38. The van der Waals surface area contributed by atoms with Crippen molar-refractivity contribution in [3.63, 3.8) is 0 Å². The van der Waals surface area contributed by atoms with Crippen LogP contribution in [0.1, 0.15) is 37.7 Å². The van der Waals surface area contributed by atoms with E-state index >= 15 is 0 Å². The fourth-order valence-electron chi connectivity index (χ4n) is 3.64. The van der Waals surface area contributed by atoms with Gasteiger partial charge >= 0.3 is 0 Å². The SMILES string of the molecule is O=C(CCc1ccccc1)N/N=C/C1CC2CCC1C2. The van der Waals surface area contributed by atoms with Crippen LogP contribution >= 0.6 is 0 Å². The highest BCUT2D eigenvalue weighted by molar-refractivity contribution is 5.77. The minimum atomic E-state index is 0.00765. The Morgan fingerprint density at radius 3 is 2.80 bits per heavy atom. The van der Waals surface area contributed by atoms with E-state index in [0.29, 0.717) is 12.3 Å². The molecule has 2 aliphatic rings. The minimum Gasteiger partial charge on any atom is -0.273 e. The molecule has 0 aliphatic heterocycles. The van der Waals surface area contributed by atoms with Gasteiger partial charge in [-0.1, -0.05) is 36.8 Å². The molecule has 2 saturated carbocycles. The molecule has 3 heteroatoms. The van der Waals surface area contributed by atoms with Crippen molar-refractivity contribution in [3.8, 4) is 0 Å². The topological polar surface area (TPSA) is 41.5 Å². The second-order valence-electron chi connectivity index (χ2n) is 6.14. The molecule has 0 aromatic heterocycles. The summed E-state index contributed by atoms with van der Waals surface area (Å²) in [6.07, 6.45) is 8.65. The number of hydrogen-bond acceptors (Lipinski definition) is 2. The second-order valence-corrected chi connectivity index (χ2v) is 6.14. The number of carbonyl (C=O) groups excluding carboxylic acids is 1. The van der Waals surface area contributed by atoms with Gasteiger partial charge in [0.2, 0.25) is 5.91 Å². The zero-order valence-corrected chi connectivity index (χ0v) is 11.8. The van der Waals surface area contributed by atoms with Gasteiger partial charge in [0.15, 0.2) is 0 Å². The quantitative estimate of drug-likeness (QED) is 0.648. The third-order valence-electron chi connectivity index (χ3n) is 4.73. The number of nitrogens with zero attached hydrogens (tertiary/aromatic N) is 1. The van der Waals surface area contributed by atoms with Crippen molar-refractivity contribution in [2.45, 2.75) is 38.5 Å². The predicted molar refractivity (Wildman–Crippen MR) is 80.3 cm³/mol. The number of nitrogens with one attached hydrogen (secondary N) is 1. The van der Waals surface area contributed by atoms with E-state index in [1.54, 1.807) is 0 Å². The van der Waals surface area contributed by atoms with Crippen LogP contribution in [0.3, 0.4) is 0 Å². The number of fused-ring (bicyclic) bond motifs is 2. The molecule has 1 aromatic rings. The van der Waals surface area contributed by atoms with Gasteiger partial charge in [0.1, 0.15) is 0 Å². The summed E-state index contributed by atoms with van der Waals surface area (Å²) < 4.78 is 0. The molecular formula is C17H22N2O. The Morgan fingerprint density at radius 2 is 2.10 bits per heavy atom. The zero-order chi connectivity index (χ0) is 13.8. The van der Waals surface area contributed by atoms with Gasteiger partial charge in [0, 0.05) is 12.6 Å². The van der Waals surface area contributed by atoms with Crippen molar-refractivity contribution in [2.75, 3.05) is 0 Å². The molecule has 1 amide bonds. The third-order valence-corrected chi connectivity index (χ3v) is 4.73. The number of carbonyl (C=O) groups is 1. The Morgan fingerprint density at radius 1 is 1.25 bits per heavy atom. The standard InChI is InChI=1S/C17H22N2O/c20-17(9-7-13-4-2-1-3-5-13)19-18-12-16-11-14-6-8-15(16)10-14/h1-5,12,14-16H,6-11H2,(H,19,20)/b18-12+. The normalized spacial score (nSPS) is 28.1. The molecule has 2 fully saturated rings. The molecule has 1 aromatic carbocycles. The van der Waals surface area contributed by atoms with Crippen LogP contribution in [-0.2, 0) is 11.2 Å². The lowest BCUT2D eigenvalue weighted by Gasteiger charge is -2.16. The maximum Gasteiger partial charge on any atom is 0.240 e. The first-order valence-corrected chi connectivity index (χ1v) is 7.67. The number of benzene rings is 1. The van der Waals surface area contributed by atoms with E-state index in [9.17, 15) is 4.79 Å². The highest BCUT2D eigenvalue weighted by atomic mass is 16.2. The smallest absolute Gasteiger partial charge is 0.240 e. The maximum atomic E-state index is 11.7. The summed E-state index contributed by atoms with van der Waals surface area (Å²) >= 11 is 0. The number of aryl methyl sites for hydroxylation is 1. The largest absolute Gasteiger partial charge is 0.273 e. The summed E-state index contributed by atoms with van der Waals surface area (Å²) in [6, 6.07) is 10.1. The van der Waals surface area contributed by atoms with Crippen molar-refractivity contribution in [1.82, 2.24) is 5.43 Å². The second kappa shape index (κ2) is 6.21. The van der Waals surface area contributed by atoms with E-state index in [1.165, 1.54) is 31.2 Å². The summed E-state index contributed by atoms with van der Waals surface area (Å²) in [5.41, 5.74) is 3.86. The van der Waals surface area contributed by atoms with Crippen molar-refractivity contribution in [1.29, 1.82) is 0 Å². The van der Waals surface area contributed by atoms with Gasteiger partial charge in [0.05, 0.1) is 0 Å². The molecule has 2 aliphatic carbocycles. The number of hydrogen-bond donors (Lipinski definition) is 1. The molecule has 3 unspecified atom stereocenters. The maximum absolute atomic E-state index is 11.7. The molecule has 0 saturated heterocycles. The molecule has 1 N–H and O–H groups in total. The molecule has 3 nitrogen and oxygen atoms in total. The van der Waals surface area contributed by atoms with Crippen LogP contribution in [0.4, 0.5) is 0 Å². The first kappa shape index (κ1) is 13.3. The summed E-state index contributed by atoms with van der Waals surface area (Å²) in [4.78, 5) is 11.7. The van der Waals surface area contributed by atoms with Gasteiger partial charge < -0.3 is 0 Å². The summed E-state index contributed by atoms with van der Waals surface area (Å²) in [5.74, 6) is 2.35. The first-order valence-electron chi connectivity index (χ1n) is 7.67. The van der Waals surface area contributed by atoms with Crippen molar-refractivity contribution < 1.29 is 4.79 Å². The van der Waals surface area contributed by atoms with Crippen molar-refractivity contribution >= 4 is 12.1 Å². The summed E-state index contributed by atoms with van der Waals surface area (Å²) in [6.45, 7) is 0. The van der Waals surface area contributed by atoms with E-state index in [0.717, 1.165) is 18.3 Å². The highest BCUT2D eigenvalue weighted by Crippen LogP contribution is 2.47. The van der Waals surface area contributed by atoms with Crippen LogP contribution in [0.5, 0.6) is 0 Å². The zero-order valence-electron chi connectivity index (χ0n) is 11.8. The van der Waals surface area contributed by atoms with Crippen LogP contribution in [0.25, 0.3) is 0 Å². The molecular weight excluding hydrogens is 248 g/mol. The number of rotatable bonds is 5. The lowest BCUT2D eigenvalue weighted by molar-refractivity contribution is -0.121. The molecule has 0 heterocycles. The van der Waals surface area contributed by atoms with Crippen LogP contribution in [0, 0.1) is 17.8 Å². The van der Waals surface area contributed by atoms with Crippen LogP contribution in [-0.4, -0.2) is 12.1 Å². The molecule has 0 spiro atoms. The average Bonchev–Trinajstić information content (AvgIpc) is 3.09. The van der Waals surface area contributed by atoms with Gasteiger partial charge in [-0.25, -0.2) is 5.43 Å². The Bertz CT molecular complexity index is 483. The Balaban J connectivity index is 1.39. The fourth-order valence-corrected chi connectivity index (χ4v) is 3.64. The number of amides is 1. The molecule has 20 heavy (non-hydrogen) atoms. The van der Waals surface area contributed by atoms with Crippen LogP contribution in [0.2, 0.25) is 0 Å². The number of hydrazone groups is 1. The van der Waals surface area contributed by atoms with Gasteiger partial charge in [-0.05, 0) is 49.0 Å². The van der Waals surface area contributed by atoms with E-state index in [1.807, 2.05) is 36.5 Å². The molecule has 3 atom stereocenters. The Kier molecular flexibility index (Phi) is 4.14. The third kappa shape index (κ3) is 3.27. The lowest BCUT2D eigenvalue weighted by atomic mass is 9.90. The van der Waals surface area contributed by atoms with Gasteiger partial charge in [-0.15, -0.1) is 0 Å². The average molecular weight is 270 g/mol. The lowest BCUT2D eigenvalue weighted by Crippen LogP contribution is -2.20. The van der Waals surface area contributed by atoms with Crippen molar-refractivity contribution in [2.24, 2.45) is 22.9 Å². The summed E-state index contributed by atoms with van der Waals surface area (Å²) in [7, 11) is 0. The van der Waals surface area contributed by atoms with Gasteiger partial charge in [-0.2, -0.15) is 5.10 Å². The fraction of sp³-hybridized carbons (Fsp3) is 0.529. The van der Waals surface area contributed by atoms with E-state index < -0.39 is 0 Å². The molecule has 2 bridgehead atoms. The van der Waals surface area contributed by atoms with Gasteiger partial charge in [-0.3, -0.25) is 4.79 Å². The minimum absolute atomic E-state index is 0.00765.